The summed E-state index contributed by atoms with van der Waals surface area (Å²) in [7, 11) is 0. The third kappa shape index (κ3) is 3.58. The Morgan fingerprint density at radius 1 is 1.50 bits per heavy atom. The lowest BCUT2D eigenvalue weighted by molar-refractivity contribution is -0.383. The van der Waals surface area contributed by atoms with E-state index in [-0.39, 0.29) is 12.2 Å². The second-order valence-corrected chi connectivity index (χ2v) is 4.79. The molecule has 1 heterocycles. The Morgan fingerprint density at radius 2 is 2.20 bits per heavy atom. The fourth-order valence-electron chi connectivity index (χ4n) is 2.10. The van der Waals surface area contributed by atoms with Crippen molar-refractivity contribution >= 4 is 17.1 Å². The molecule has 7 nitrogen and oxygen atoms in total. The molecule has 1 fully saturated rings. The van der Waals surface area contributed by atoms with E-state index in [1.54, 1.807) is 19.1 Å². The first-order valence-electron chi connectivity index (χ1n) is 6.61. The minimum absolute atomic E-state index is 0.0164. The fourth-order valence-corrected chi connectivity index (χ4v) is 2.10. The van der Waals surface area contributed by atoms with E-state index in [0.29, 0.717) is 18.9 Å². The van der Waals surface area contributed by atoms with Crippen molar-refractivity contribution in [3.05, 3.63) is 28.3 Å². The molecule has 0 bridgehead atoms. The predicted octanol–water partition coefficient (Wildman–Crippen LogP) is 1.22. The first kappa shape index (κ1) is 14.5. The lowest BCUT2D eigenvalue weighted by Crippen LogP contribution is -2.36. The average molecular weight is 281 g/mol. The van der Waals surface area contributed by atoms with E-state index in [0.717, 1.165) is 18.8 Å². The van der Waals surface area contributed by atoms with Gasteiger partial charge in [0.05, 0.1) is 24.2 Å². The van der Waals surface area contributed by atoms with Gasteiger partial charge in [0.2, 0.25) is 0 Å². The zero-order chi connectivity index (χ0) is 14.5. The normalized spacial score (nSPS) is 16.8. The number of nitro groups is 1. The highest BCUT2D eigenvalue weighted by Crippen LogP contribution is 2.29. The highest BCUT2D eigenvalue weighted by atomic mass is 16.6. The van der Waals surface area contributed by atoms with Crippen LogP contribution in [0.15, 0.2) is 18.2 Å². The summed E-state index contributed by atoms with van der Waals surface area (Å²) < 4.78 is 5.29. The van der Waals surface area contributed by atoms with Crippen LogP contribution in [-0.2, 0) is 4.74 Å². The SMILES string of the molecule is CC(O)CNc1cc(N2CCOCC2)ccc1[N+](=O)[O-]. The number of hydrogen-bond donors (Lipinski definition) is 2. The first-order valence-corrected chi connectivity index (χ1v) is 6.61. The van der Waals surface area contributed by atoms with Crippen LogP contribution in [0.4, 0.5) is 17.1 Å². The van der Waals surface area contributed by atoms with E-state index in [4.69, 9.17) is 4.74 Å². The Balaban J connectivity index is 2.22. The smallest absolute Gasteiger partial charge is 0.292 e. The number of nitrogens with one attached hydrogen (secondary N) is 1. The second-order valence-electron chi connectivity index (χ2n) is 4.79. The van der Waals surface area contributed by atoms with Crippen LogP contribution in [0.1, 0.15) is 6.92 Å². The van der Waals surface area contributed by atoms with Gasteiger partial charge in [-0.25, -0.2) is 0 Å². The zero-order valence-corrected chi connectivity index (χ0v) is 11.4. The molecular weight excluding hydrogens is 262 g/mol. The summed E-state index contributed by atoms with van der Waals surface area (Å²) in [5.41, 5.74) is 1.37. The summed E-state index contributed by atoms with van der Waals surface area (Å²) in [5.74, 6) is 0. The summed E-state index contributed by atoms with van der Waals surface area (Å²) >= 11 is 0. The molecule has 0 spiro atoms. The topological polar surface area (TPSA) is 87.9 Å². The lowest BCUT2D eigenvalue weighted by atomic mass is 10.2. The Kier molecular flexibility index (Phi) is 4.75. The van der Waals surface area contributed by atoms with Crippen molar-refractivity contribution in [3.63, 3.8) is 0 Å². The summed E-state index contributed by atoms with van der Waals surface area (Å²) in [6, 6.07) is 5.00. The van der Waals surface area contributed by atoms with Gasteiger partial charge in [-0.3, -0.25) is 10.1 Å². The predicted molar refractivity (Wildman–Crippen MR) is 76.3 cm³/mol. The quantitative estimate of drug-likeness (QED) is 0.623. The number of nitro benzene ring substituents is 1. The number of nitrogens with zero attached hydrogens (tertiary/aromatic N) is 2. The number of aliphatic hydroxyl groups excluding tert-OH is 1. The molecule has 2 rings (SSSR count). The monoisotopic (exact) mass is 281 g/mol. The zero-order valence-electron chi connectivity index (χ0n) is 11.4. The molecule has 0 radical (unpaired) electrons. The van der Waals surface area contributed by atoms with Gasteiger partial charge in [-0.05, 0) is 19.1 Å². The standard InChI is InChI=1S/C13H19N3O4/c1-10(17)9-14-12-8-11(2-3-13(12)16(18)19)15-4-6-20-7-5-15/h2-3,8,10,14,17H,4-7,9H2,1H3. The van der Waals surface area contributed by atoms with Gasteiger partial charge in [0.15, 0.2) is 0 Å². The lowest BCUT2D eigenvalue weighted by Gasteiger charge is -2.29. The molecule has 110 valence electrons. The molecule has 20 heavy (non-hydrogen) atoms. The van der Waals surface area contributed by atoms with Gasteiger partial charge >= 0.3 is 0 Å². The van der Waals surface area contributed by atoms with E-state index in [9.17, 15) is 15.2 Å². The van der Waals surface area contributed by atoms with Crippen molar-refractivity contribution in [2.75, 3.05) is 43.1 Å². The number of aliphatic hydroxyl groups is 1. The van der Waals surface area contributed by atoms with E-state index < -0.39 is 11.0 Å². The second kappa shape index (κ2) is 6.53. The minimum Gasteiger partial charge on any atom is -0.392 e. The molecule has 1 atom stereocenters. The van der Waals surface area contributed by atoms with E-state index in [2.05, 4.69) is 10.2 Å². The van der Waals surface area contributed by atoms with Crippen LogP contribution < -0.4 is 10.2 Å². The minimum atomic E-state index is -0.568. The van der Waals surface area contributed by atoms with Crippen LogP contribution in [0.2, 0.25) is 0 Å². The summed E-state index contributed by atoms with van der Waals surface area (Å²) in [4.78, 5) is 12.7. The number of hydrogen-bond acceptors (Lipinski definition) is 6. The number of anilines is 2. The number of ether oxygens (including phenoxy) is 1. The van der Waals surface area contributed by atoms with E-state index >= 15 is 0 Å². The Bertz CT molecular complexity index is 473. The molecule has 0 aromatic heterocycles. The van der Waals surface area contributed by atoms with Gasteiger partial charge in [0.1, 0.15) is 5.69 Å². The van der Waals surface area contributed by atoms with E-state index in [1.807, 2.05) is 0 Å². The maximum atomic E-state index is 11.0. The molecule has 2 N–H and O–H groups in total. The Hall–Kier alpha value is -1.86. The van der Waals surface area contributed by atoms with Gasteiger partial charge in [0.25, 0.3) is 5.69 Å². The van der Waals surface area contributed by atoms with Crippen molar-refractivity contribution in [2.45, 2.75) is 13.0 Å². The highest BCUT2D eigenvalue weighted by Gasteiger charge is 2.18. The van der Waals surface area contributed by atoms with Gasteiger partial charge in [0, 0.05) is 31.4 Å². The van der Waals surface area contributed by atoms with Crippen LogP contribution in [0.5, 0.6) is 0 Å². The molecule has 0 amide bonds. The molecule has 1 aromatic rings. The van der Waals surface area contributed by atoms with Crippen molar-refractivity contribution < 1.29 is 14.8 Å². The first-order chi connectivity index (χ1) is 9.58. The summed E-state index contributed by atoms with van der Waals surface area (Å²) in [5, 5.41) is 23.2. The van der Waals surface area contributed by atoms with Crippen LogP contribution in [-0.4, -0.2) is 49.0 Å². The average Bonchev–Trinajstić information content (AvgIpc) is 2.45. The van der Waals surface area contributed by atoms with Crippen molar-refractivity contribution in [3.8, 4) is 0 Å². The van der Waals surface area contributed by atoms with Crippen molar-refractivity contribution in [1.29, 1.82) is 0 Å². The largest absolute Gasteiger partial charge is 0.392 e. The van der Waals surface area contributed by atoms with Crippen molar-refractivity contribution in [2.24, 2.45) is 0 Å². The van der Waals surface area contributed by atoms with Crippen molar-refractivity contribution in [1.82, 2.24) is 0 Å². The van der Waals surface area contributed by atoms with Crippen LogP contribution in [0, 0.1) is 10.1 Å². The number of benzene rings is 1. The van der Waals surface area contributed by atoms with Crippen LogP contribution in [0.3, 0.4) is 0 Å². The molecule has 1 unspecified atom stereocenters. The van der Waals surface area contributed by atoms with Gasteiger partial charge < -0.3 is 20.1 Å². The van der Waals surface area contributed by atoms with E-state index in [1.165, 1.54) is 6.07 Å². The molecule has 1 aromatic carbocycles. The van der Waals surface area contributed by atoms with Crippen LogP contribution in [0.25, 0.3) is 0 Å². The Labute approximate surface area is 117 Å². The molecule has 0 aliphatic carbocycles. The van der Waals surface area contributed by atoms with Crippen LogP contribution >= 0.6 is 0 Å². The maximum absolute atomic E-state index is 11.0. The molecule has 1 aliphatic rings. The van der Waals surface area contributed by atoms with Gasteiger partial charge in [-0.1, -0.05) is 0 Å². The molecule has 1 aliphatic heterocycles. The molecule has 0 saturated carbocycles. The fraction of sp³-hybridized carbons (Fsp3) is 0.538. The summed E-state index contributed by atoms with van der Waals surface area (Å²) in [6.45, 7) is 4.76. The van der Waals surface area contributed by atoms with Gasteiger partial charge in [-0.15, -0.1) is 0 Å². The third-order valence-corrected chi connectivity index (χ3v) is 3.14. The molecule has 1 saturated heterocycles. The highest BCUT2D eigenvalue weighted by molar-refractivity contribution is 5.69. The molecule has 7 heteroatoms. The summed E-state index contributed by atoms with van der Waals surface area (Å²) in [6.07, 6.45) is -0.568. The molecular formula is C13H19N3O4. The number of morpholine rings is 1. The van der Waals surface area contributed by atoms with Gasteiger partial charge in [-0.2, -0.15) is 0 Å². The number of rotatable bonds is 5. The maximum Gasteiger partial charge on any atom is 0.292 e. The Morgan fingerprint density at radius 3 is 2.80 bits per heavy atom. The third-order valence-electron chi connectivity index (χ3n) is 3.14.